The molecule has 0 unspecified atom stereocenters. The van der Waals surface area contributed by atoms with Crippen molar-refractivity contribution in [1.82, 2.24) is 10.9 Å². The number of hydrazine groups is 1. The number of anilines is 2. The summed E-state index contributed by atoms with van der Waals surface area (Å²) in [7, 11) is 3.71. The SMILES string of the molecule is CN(C)c1ccc(C(=O)NNC(=O)Nc2cccc(C(F)(F)F)c2)cc1. The minimum absolute atomic E-state index is 0.0538. The summed E-state index contributed by atoms with van der Waals surface area (Å²) in [5.41, 5.74) is 4.53. The summed E-state index contributed by atoms with van der Waals surface area (Å²) < 4.78 is 37.9. The van der Waals surface area contributed by atoms with Crippen LogP contribution in [0.25, 0.3) is 0 Å². The van der Waals surface area contributed by atoms with Crippen LogP contribution in [0, 0.1) is 0 Å². The van der Waals surface area contributed by atoms with Crippen LogP contribution in [0.3, 0.4) is 0 Å². The van der Waals surface area contributed by atoms with Gasteiger partial charge in [0.25, 0.3) is 5.91 Å². The Morgan fingerprint density at radius 2 is 1.62 bits per heavy atom. The van der Waals surface area contributed by atoms with Gasteiger partial charge in [0.05, 0.1) is 5.56 Å². The summed E-state index contributed by atoms with van der Waals surface area (Å²) >= 11 is 0. The third-order valence-corrected chi connectivity index (χ3v) is 3.38. The summed E-state index contributed by atoms with van der Waals surface area (Å²) in [6.07, 6.45) is -4.51. The molecule has 0 aliphatic carbocycles. The zero-order valence-electron chi connectivity index (χ0n) is 14.0. The second-order valence-electron chi connectivity index (χ2n) is 5.55. The van der Waals surface area contributed by atoms with E-state index in [0.717, 1.165) is 17.8 Å². The normalized spacial score (nSPS) is 10.8. The van der Waals surface area contributed by atoms with Gasteiger partial charge in [0.1, 0.15) is 0 Å². The molecular formula is C17H17F3N4O2. The van der Waals surface area contributed by atoms with Crippen LogP contribution in [0.5, 0.6) is 0 Å². The van der Waals surface area contributed by atoms with Crippen LogP contribution in [0.1, 0.15) is 15.9 Å². The third kappa shape index (κ3) is 5.13. The highest BCUT2D eigenvalue weighted by molar-refractivity contribution is 5.97. The Hall–Kier alpha value is -3.23. The fourth-order valence-electron chi connectivity index (χ4n) is 2.03. The topological polar surface area (TPSA) is 73.5 Å². The average Bonchev–Trinajstić information content (AvgIpc) is 2.59. The maximum Gasteiger partial charge on any atom is 0.416 e. The molecule has 0 bridgehead atoms. The van der Waals surface area contributed by atoms with E-state index in [0.29, 0.717) is 5.56 Å². The van der Waals surface area contributed by atoms with E-state index >= 15 is 0 Å². The molecule has 0 radical (unpaired) electrons. The second-order valence-corrected chi connectivity index (χ2v) is 5.55. The number of alkyl halides is 3. The summed E-state index contributed by atoms with van der Waals surface area (Å²) in [4.78, 5) is 25.5. The maximum absolute atomic E-state index is 12.6. The number of benzene rings is 2. The second kappa shape index (κ2) is 7.77. The maximum atomic E-state index is 12.6. The van der Waals surface area contributed by atoms with Crippen LogP contribution in [0.4, 0.5) is 29.3 Å². The molecule has 9 heteroatoms. The molecule has 0 saturated carbocycles. The molecule has 3 N–H and O–H groups in total. The van der Waals surface area contributed by atoms with Crippen molar-refractivity contribution in [2.75, 3.05) is 24.3 Å². The van der Waals surface area contributed by atoms with Gasteiger partial charge in [-0.2, -0.15) is 13.2 Å². The molecule has 0 heterocycles. The van der Waals surface area contributed by atoms with E-state index in [-0.39, 0.29) is 5.69 Å². The molecule has 2 rings (SSSR count). The van der Waals surface area contributed by atoms with E-state index in [1.165, 1.54) is 12.1 Å². The first-order valence-corrected chi connectivity index (χ1v) is 7.49. The van der Waals surface area contributed by atoms with Crippen molar-refractivity contribution in [3.8, 4) is 0 Å². The van der Waals surface area contributed by atoms with Gasteiger partial charge in [-0.3, -0.25) is 10.2 Å². The van der Waals surface area contributed by atoms with Gasteiger partial charge in [0, 0.05) is 31.0 Å². The Bertz CT molecular complexity index is 789. The summed E-state index contributed by atoms with van der Waals surface area (Å²) in [6.45, 7) is 0. The van der Waals surface area contributed by atoms with Gasteiger partial charge in [-0.1, -0.05) is 6.07 Å². The first-order chi connectivity index (χ1) is 12.2. The van der Waals surface area contributed by atoms with E-state index in [9.17, 15) is 22.8 Å². The van der Waals surface area contributed by atoms with E-state index in [1.54, 1.807) is 24.3 Å². The Morgan fingerprint density at radius 1 is 0.962 bits per heavy atom. The molecule has 138 valence electrons. The number of urea groups is 1. The summed E-state index contributed by atoms with van der Waals surface area (Å²) in [5, 5.41) is 2.21. The molecule has 0 aliphatic heterocycles. The number of halogens is 3. The molecule has 3 amide bonds. The summed E-state index contributed by atoms with van der Waals surface area (Å²) in [5.74, 6) is -0.561. The van der Waals surface area contributed by atoms with Crippen LogP contribution in [-0.2, 0) is 6.18 Å². The fraction of sp³-hybridized carbons (Fsp3) is 0.176. The van der Waals surface area contributed by atoms with Gasteiger partial charge >= 0.3 is 12.2 Å². The van der Waals surface area contributed by atoms with Gasteiger partial charge in [0.2, 0.25) is 0 Å². The third-order valence-electron chi connectivity index (χ3n) is 3.38. The van der Waals surface area contributed by atoms with E-state index in [2.05, 4.69) is 16.2 Å². The molecule has 0 saturated heterocycles. The first-order valence-electron chi connectivity index (χ1n) is 7.49. The number of rotatable bonds is 3. The quantitative estimate of drug-likeness (QED) is 0.730. The minimum Gasteiger partial charge on any atom is -0.378 e. The standard InChI is InChI=1S/C17H17F3N4O2/c1-24(2)14-8-6-11(7-9-14)15(25)22-23-16(26)21-13-5-3-4-12(10-13)17(18,19)20/h3-10H,1-2H3,(H,22,25)(H2,21,23,26). The van der Waals surface area contributed by atoms with Crippen LogP contribution >= 0.6 is 0 Å². The molecular weight excluding hydrogens is 349 g/mol. The Labute approximate surface area is 148 Å². The monoisotopic (exact) mass is 366 g/mol. The number of nitrogens with zero attached hydrogens (tertiary/aromatic N) is 1. The van der Waals surface area contributed by atoms with Crippen molar-refractivity contribution >= 4 is 23.3 Å². The predicted molar refractivity (Wildman–Crippen MR) is 91.8 cm³/mol. The molecule has 26 heavy (non-hydrogen) atoms. The van der Waals surface area contributed by atoms with Crippen molar-refractivity contribution in [3.63, 3.8) is 0 Å². The van der Waals surface area contributed by atoms with Crippen molar-refractivity contribution in [1.29, 1.82) is 0 Å². The zero-order chi connectivity index (χ0) is 19.3. The highest BCUT2D eigenvalue weighted by Gasteiger charge is 2.30. The van der Waals surface area contributed by atoms with E-state index in [1.807, 2.05) is 19.0 Å². The van der Waals surface area contributed by atoms with Crippen molar-refractivity contribution in [2.45, 2.75) is 6.18 Å². The summed E-state index contributed by atoms with van der Waals surface area (Å²) in [6, 6.07) is 9.91. The number of nitrogens with one attached hydrogen (secondary N) is 3. The molecule has 0 atom stereocenters. The van der Waals surface area contributed by atoms with Crippen LogP contribution in [0.2, 0.25) is 0 Å². The molecule has 0 aliphatic rings. The Morgan fingerprint density at radius 3 is 2.19 bits per heavy atom. The van der Waals surface area contributed by atoms with Crippen molar-refractivity contribution in [3.05, 3.63) is 59.7 Å². The molecule has 0 aromatic heterocycles. The highest BCUT2D eigenvalue weighted by Crippen LogP contribution is 2.30. The molecule has 6 nitrogen and oxygen atoms in total. The van der Waals surface area contributed by atoms with Crippen LogP contribution in [0.15, 0.2) is 48.5 Å². The van der Waals surface area contributed by atoms with Crippen molar-refractivity contribution < 1.29 is 22.8 Å². The van der Waals surface area contributed by atoms with Gasteiger partial charge in [-0.05, 0) is 42.5 Å². The van der Waals surface area contributed by atoms with E-state index < -0.39 is 23.7 Å². The average molecular weight is 366 g/mol. The first kappa shape index (κ1) is 19.1. The number of hydrogen-bond donors (Lipinski definition) is 3. The van der Waals surface area contributed by atoms with Gasteiger partial charge in [-0.15, -0.1) is 0 Å². The molecule has 2 aromatic carbocycles. The number of amides is 3. The lowest BCUT2D eigenvalue weighted by molar-refractivity contribution is -0.137. The van der Waals surface area contributed by atoms with Gasteiger partial charge < -0.3 is 10.2 Å². The molecule has 0 fully saturated rings. The zero-order valence-corrected chi connectivity index (χ0v) is 14.0. The lowest BCUT2D eigenvalue weighted by Gasteiger charge is -2.13. The van der Waals surface area contributed by atoms with Crippen molar-refractivity contribution in [2.24, 2.45) is 0 Å². The molecule has 0 spiro atoms. The predicted octanol–water partition coefficient (Wildman–Crippen LogP) is 3.24. The Kier molecular flexibility index (Phi) is 5.71. The highest BCUT2D eigenvalue weighted by atomic mass is 19.4. The number of carbonyl (C=O) groups is 2. The lowest BCUT2D eigenvalue weighted by Crippen LogP contribution is -2.43. The van der Waals surface area contributed by atoms with Gasteiger partial charge in [-0.25, -0.2) is 10.2 Å². The minimum atomic E-state index is -4.51. The van der Waals surface area contributed by atoms with Crippen LogP contribution in [-0.4, -0.2) is 26.0 Å². The Balaban J connectivity index is 1.91. The lowest BCUT2D eigenvalue weighted by atomic mass is 10.2. The smallest absolute Gasteiger partial charge is 0.378 e. The van der Waals surface area contributed by atoms with Crippen LogP contribution < -0.4 is 21.1 Å². The van der Waals surface area contributed by atoms with E-state index in [4.69, 9.17) is 0 Å². The fourth-order valence-corrected chi connectivity index (χ4v) is 2.03. The largest absolute Gasteiger partial charge is 0.416 e. The number of carbonyl (C=O) groups excluding carboxylic acids is 2. The molecule has 2 aromatic rings. The van der Waals surface area contributed by atoms with Gasteiger partial charge in [0.15, 0.2) is 0 Å². The number of hydrogen-bond acceptors (Lipinski definition) is 3.